The highest BCUT2D eigenvalue weighted by atomic mass is 16.3. The fourth-order valence-electron chi connectivity index (χ4n) is 3.24. The van der Waals surface area contributed by atoms with Gasteiger partial charge in [-0.25, -0.2) is 9.67 Å². The molecule has 0 spiro atoms. The van der Waals surface area contributed by atoms with Crippen LogP contribution in [0.25, 0.3) is 22.1 Å². The maximum absolute atomic E-state index is 10.1. The second-order valence-electron chi connectivity index (χ2n) is 5.88. The van der Waals surface area contributed by atoms with E-state index in [2.05, 4.69) is 20.3 Å². The molecule has 3 aromatic rings. The molecule has 110 valence electrons. The zero-order chi connectivity index (χ0) is 14.4. The third kappa shape index (κ3) is 1.92. The lowest BCUT2D eigenvalue weighted by molar-refractivity contribution is -0.0508. The molecule has 0 aliphatic heterocycles. The molecule has 1 aliphatic rings. The van der Waals surface area contributed by atoms with Gasteiger partial charge in [-0.2, -0.15) is 0 Å². The Morgan fingerprint density at radius 2 is 2.19 bits per heavy atom. The zero-order valence-electron chi connectivity index (χ0n) is 11.5. The van der Waals surface area contributed by atoms with Crippen LogP contribution in [-0.4, -0.2) is 47.4 Å². The van der Waals surface area contributed by atoms with Gasteiger partial charge >= 0.3 is 0 Å². The zero-order valence-corrected chi connectivity index (χ0v) is 11.5. The number of aromatic nitrogens is 5. The summed E-state index contributed by atoms with van der Waals surface area (Å²) in [5, 5.41) is 28.9. The first-order chi connectivity index (χ1) is 10.2. The highest BCUT2D eigenvalue weighted by Gasteiger charge is 2.34. The molecule has 4 rings (SSSR count). The highest BCUT2D eigenvalue weighted by molar-refractivity contribution is 6.00. The van der Waals surface area contributed by atoms with Crippen LogP contribution in [0, 0.1) is 0 Å². The van der Waals surface area contributed by atoms with Gasteiger partial charge in [-0.1, -0.05) is 5.21 Å². The van der Waals surface area contributed by atoms with Crippen molar-refractivity contribution in [2.24, 2.45) is 0 Å². The second kappa shape index (κ2) is 4.51. The molecule has 0 saturated heterocycles. The van der Waals surface area contributed by atoms with Gasteiger partial charge in [0.15, 0.2) is 0 Å². The lowest BCUT2D eigenvalue weighted by Gasteiger charge is -2.34. The van der Waals surface area contributed by atoms with Crippen molar-refractivity contribution in [3.8, 4) is 0 Å². The van der Waals surface area contributed by atoms with E-state index < -0.39 is 5.60 Å². The Kier molecular flexibility index (Phi) is 2.73. The maximum atomic E-state index is 10.1. The van der Waals surface area contributed by atoms with E-state index in [1.807, 2.05) is 16.9 Å². The fourth-order valence-corrected chi connectivity index (χ4v) is 3.24. The van der Waals surface area contributed by atoms with Gasteiger partial charge in [0.25, 0.3) is 0 Å². The number of nitrogens with one attached hydrogen (secondary N) is 1. The molecule has 0 bridgehead atoms. The molecule has 0 radical (unpaired) electrons. The third-order valence-corrected chi connectivity index (χ3v) is 4.54. The number of aromatic amines is 1. The van der Waals surface area contributed by atoms with Gasteiger partial charge in [-0.15, -0.1) is 5.10 Å². The first-order valence-corrected chi connectivity index (χ1v) is 7.20. The van der Waals surface area contributed by atoms with Crippen molar-refractivity contribution >= 4 is 22.1 Å². The van der Waals surface area contributed by atoms with Crippen molar-refractivity contribution in [2.75, 3.05) is 6.61 Å². The number of H-pyrrole nitrogens is 1. The standard InChI is InChI=1S/C14H17N5O2/c20-8-14(21)4-1-9(2-5-14)19-12-10-3-6-15-13(10)16-7-11(12)17-18-19/h3,6-7,9,20-21H,1-2,4-5,8H2,(H,15,16). The minimum atomic E-state index is -0.933. The number of pyridine rings is 1. The van der Waals surface area contributed by atoms with Gasteiger partial charge in [0.05, 0.1) is 24.4 Å². The van der Waals surface area contributed by atoms with Crippen molar-refractivity contribution in [3.63, 3.8) is 0 Å². The molecular formula is C14H17N5O2. The number of fused-ring (bicyclic) bond motifs is 3. The summed E-state index contributed by atoms with van der Waals surface area (Å²) in [6.07, 6.45) is 6.31. The Hall–Kier alpha value is -1.99. The van der Waals surface area contributed by atoms with E-state index in [0.717, 1.165) is 34.9 Å². The first-order valence-electron chi connectivity index (χ1n) is 7.20. The number of rotatable bonds is 2. The lowest BCUT2D eigenvalue weighted by Crippen LogP contribution is -2.38. The van der Waals surface area contributed by atoms with Gasteiger partial charge < -0.3 is 15.2 Å². The van der Waals surface area contributed by atoms with Crippen LogP contribution >= 0.6 is 0 Å². The predicted molar refractivity (Wildman–Crippen MR) is 76.7 cm³/mol. The smallest absolute Gasteiger partial charge is 0.139 e. The summed E-state index contributed by atoms with van der Waals surface area (Å²) in [5.74, 6) is 0. The topological polar surface area (TPSA) is 99.8 Å². The Labute approximate surface area is 120 Å². The summed E-state index contributed by atoms with van der Waals surface area (Å²) in [7, 11) is 0. The van der Waals surface area contributed by atoms with Crippen LogP contribution in [-0.2, 0) is 0 Å². The quantitative estimate of drug-likeness (QED) is 0.656. The fraction of sp³-hybridized carbons (Fsp3) is 0.500. The highest BCUT2D eigenvalue weighted by Crippen LogP contribution is 2.36. The molecule has 3 N–H and O–H groups in total. The molecule has 7 nitrogen and oxygen atoms in total. The van der Waals surface area contributed by atoms with Crippen molar-refractivity contribution < 1.29 is 10.2 Å². The molecule has 0 unspecified atom stereocenters. The SMILES string of the molecule is OCC1(O)CCC(n2nnc3cnc4[nH]ccc4c32)CC1. The Bertz CT molecular complexity index is 785. The minimum Gasteiger partial charge on any atom is -0.393 e. The van der Waals surface area contributed by atoms with Crippen LogP contribution in [0.5, 0.6) is 0 Å². The van der Waals surface area contributed by atoms with Gasteiger partial charge in [0.2, 0.25) is 0 Å². The molecular weight excluding hydrogens is 270 g/mol. The van der Waals surface area contributed by atoms with E-state index in [9.17, 15) is 10.2 Å². The molecule has 1 fully saturated rings. The van der Waals surface area contributed by atoms with Crippen LogP contribution in [0.3, 0.4) is 0 Å². The van der Waals surface area contributed by atoms with E-state index in [1.54, 1.807) is 6.20 Å². The third-order valence-electron chi connectivity index (χ3n) is 4.54. The Morgan fingerprint density at radius 1 is 1.38 bits per heavy atom. The largest absolute Gasteiger partial charge is 0.393 e. The molecule has 21 heavy (non-hydrogen) atoms. The summed E-state index contributed by atoms with van der Waals surface area (Å²) in [6.45, 7) is -0.177. The minimum absolute atomic E-state index is 0.177. The van der Waals surface area contributed by atoms with Crippen LogP contribution in [0.15, 0.2) is 18.5 Å². The van der Waals surface area contributed by atoms with Crippen LogP contribution in [0.4, 0.5) is 0 Å². The molecule has 1 aliphatic carbocycles. The summed E-state index contributed by atoms with van der Waals surface area (Å²) in [4.78, 5) is 7.42. The van der Waals surface area contributed by atoms with Crippen molar-refractivity contribution in [1.29, 1.82) is 0 Å². The van der Waals surface area contributed by atoms with Gasteiger partial charge in [-0.3, -0.25) is 0 Å². The average Bonchev–Trinajstić information content (AvgIpc) is 3.13. The van der Waals surface area contributed by atoms with Crippen molar-refractivity contribution in [2.45, 2.75) is 37.3 Å². The molecule has 0 amide bonds. The monoisotopic (exact) mass is 287 g/mol. The number of nitrogens with zero attached hydrogens (tertiary/aromatic N) is 4. The summed E-state index contributed by atoms with van der Waals surface area (Å²) in [5.41, 5.74) is 1.66. The van der Waals surface area contributed by atoms with Gasteiger partial charge in [0, 0.05) is 11.6 Å². The lowest BCUT2D eigenvalue weighted by atomic mass is 9.83. The number of hydrogen-bond donors (Lipinski definition) is 3. The van der Waals surface area contributed by atoms with Crippen LogP contribution in [0.2, 0.25) is 0 Å². The normalized spacial score (nSPS) is 26.7. The Balaban J connectivity index is 1.76. The molecule has 3 heterocycles. The predicted octanol–water partition coefficient (Wildman–Crippen LogP) is 1.15. The molecule has 0 aromatic carbocycles. The van der Waals surface area contributed by atoms with Gasteiger partial charge in [0.1, 0.15) is 16.7 Å². The molecule has 7 heteroatoms. The second-order valence-corrected chi connectivity index (χ2v) is 5.88. The number of aliphatic hydroxyl groups excluding tert-OH is 1. The van der Waals surface area contributed by atoms with E-state index in [-0.39, 0.29) is 12.6 Å². The maximum Gasteiger partial charge on any atom is 0.139 e. The van der Waals surface area contributed by atoms with Crippen molar-refractivity contribution in [3.05, 3.63) is 18.5 Å². The molecule has 3 aromatic heterocycles. The van der Waals surface area contributed by atoms with Gasteiger partial charge in [-0.05, 0) is 31.7 Å². The van der Waals surface area contributed by atoms with E-state index >= 15 is 0 Å². The number of aliphatic hydroxyl groups is 2. The van der Waals surface area contributed by atoms with Crippen molar-refractivity contribution in [1.82, 2.24) is 25.0 Å². The number of hydrogen-bond acceptors (Lipinski definition) is 5. The molecule has 1 saturated carbocycles. The summed E-state index contributed by atoms with van der Waals surface area (Å²) >= 11 is 0. The first kappa shape index (κ1) is 12.7. The van der Waals surface area contributed by atoms with Crippen LogP contribution < -0.4 is 0 Å². The average molecular weight is 287 g/mol. The summed E-state index contributed by atoms with van der Waals surface area (Å²) < 4.78 is 1.95. The van der Waals surface area contributed by atoms with E-state index in [4.69, 9.17) is 0 Å². The summed E-state index contributed by atoms with van der Waals surface area (Å²) in [6, 6.07) is 2.18. The van der Waals surface area contributed by atoms with E-state index in [1.165, 1.54) is 0 Å². The molecule has 0 atom stereocenters. The van der Waals surface area contributed by atoms with E-state index in [0.29, 0.717) is 12.8 Å². The Morgan fingerprint density at radius 3 is 2.95 bits per heavy atom. The van der Waals surface area contributed by atoms with Crippen LogP contribution in [0.1, 0.15) is 31.7 Å².